The van der Waals surface area contributed by atoms with Gasteiger partial charge >= 0.3 is 5.97 Å². The van der Waals surface area contributed by atoms with E-state index in [1.54, 1.807) is 0 Å². The highest BCUT2D eigenvalue weighted by Gasteiger charge is 2.21. The van der Waals surface area contributed by atoms with Crippen LogP contribution in [0.25, 0.3) is 0 Å². The van der Waals surface area contributed by atoms with E-state index in [0.717, 1.165) is 12.8 Å². The van der Waals surface area contributed by atoms with Crippen LogP contribution in [0.3, 0.4) is 0 Å². The minimum Gasteiger partial charge on any atom is -0.465 e. The first kappa shape index (κ1) is 18.0. The lowest BCUT2D eigenvalue weighted by atomic mass is 9.85. The molecule has 0 saturated carbocycles. The molecule has 2 unspecified atom stereocenters. The Morgan fingerprint density at radius 2 is 1.87 bits per heavy atom. The van der Waals surface area contributed by atoms with Crippen LogP contribution in [0.5, 0.6) is 0 Å². The fraction of sp³-hybridized carbons (Fsp3) is 0.471. The number of hydrogen-bond acceptors (Lipinski definition) is 4. The van der Waals surface area contributed by atoms with Crippen molar-refractivity contribution in [3.63, 3.8) is 0 Å². The van der Waals surface area contributed by atoms with Crippen LogP contribution < -0.4 is 0 Å². The van der Waals surface area contributed by atoms with Gasteiger partial charge in [-0.2, -0.15) is 0 Å². The van der Waals surface area contributed by atoms with Crippen LogP contribution in [0.1, 0.15) is 26.2 Å². The van der Waals surface area contributed by atoms with E-state index in [2.05, 4.69) is 19.1 Å². The van der Waals surface area contributed by atoms with Crippen molar-refractivity contribution in [1.82, 2.24) is 0 Å². The summed E-state index contributed by atoms with van der Waals surface area (Å²) in [5.74, 6) is 0.0693. The van der Waals surface area contributed by atoms with Gasteiger partial charge in [-0.3, -0.25) is 4.79 Å². The maximum Gasteiger partial charge on any atom is 0.306 e. The fourth-order valence-electron chi connectivity index (χ4n) is 2.49. The molecule has 6 heteroatoms. The van der Waals surface area contributed by atoms with Gasteiger partial charge in [-0.1, -0.05) is 30.7 Å². The molecule has 1 aromatic carbocycles. The third-order valence-electron chi connectivity index (χ3n) is 4.12. The summed E-state index contributed by atoms with van der Waals surface area (Å²) in [6.07, 6.45) is 6.00. The highest BCUT2D eigenvalue weighted by atomic mass is 35.5. The summed E-state index contributed by atoms with van der Waals surface area (Å²) < 4.78 is 29.5. The highest BCUT2D eigenvalue weighted by Crippen LogP contribution is 2.25. The number of esters is 1. The van der Waals surface area contributed by atoms with Crippen molar-refractivity contribution < 1.29 is 17.9 Å². The standard InChI is InChI=1S/C17H21ClO4S/c1-13-4-2-3-5-14(13)12-22-17(19)10-11-23(20,21)16-8-6-15(18)7-9-16/h2-3,6-9,13-14H,4-5,10-12H2,1H3. The predicted octanol–water partition coefficient (Wildman–Crippen LogP) is 3.65. The molecule has 4 nitrogen and oxygen atoms in total. The van der Waals surface area contributed by atoms with Gasteiger partial charge in [0.2, 0.25) is 0 Å². The number of rotatable bonds is 6. The maximum absolute atomic E-state index is 12.1. The van der Waals surface area contributed by atoms with Crippen LogP contribution in [-0.4, -0.2) is 26.7 Å². The molecular weight excluding hydrogens is 336 g/mol. The molecule has 0 aliphatic heterocycles. The number of benzene rings is 1. The molecule has 2 rings (SSSR count). The number of carbonyl (C=O) groups excluding carboxylic acids is 1. The number of carbonyl (C=O) groups is 1. The van der Waals surface area contributed by atoms with Crippen molar-refractivity contribution in [2.45, 2.75) is 31.1 Å². The maximum atomic E-state index is 12.1. The molecular formula is C17H21ClO4S. The first-order valence-corrected chi connectivity index (χ1v) is 9.70. The Labute approximate surface area is 142 Å². The van der Waals surface area contributed by atoms with E-state index in [-0.39, 0.29) is 17.1 Å². The summed E-state index contributed by atoms with van der Waals surface area (Å²) in [5, 5.41) is 0.471. The average Bonchev–Trinajstić information content (AvgIpc) is 2.53. The number of halogens is 1. The molecule has 0 aromatic heterocycles. The molecule has 1 aliphatic rings. The summed E-state index contributed by atoms with van der Waals surface area (Å²) in [6, 6.07) is 5.92. The van der Waals surface area contributed by atoms with Crippen LogP contribution >= 0.6 is 11.6 Å². The first-order valence-electron chi connectivity index (χ1n) is 7.67. The van der Waals surface area contributed by atoms with Gasteiger partial charge in [0, 0.05) is 5.02 Å². The van der Waals surface area contributed by atoms with E-state index in [1.165, 1.54) is 24.3 Å². The van der Waals surface area contributed by atoms with Gasteiger partial charge in [0.25, 0.3) is 0 Å². The minimum atomic E-state index is -3.50. The zero-order valence-corrected chi connectivity index (χ0v) is 14.6. The zero-order chi connectivity index (χ0) is 16.9. The Hall–Kier alpha value is -1.33. The van der Waals surface area contributed by atoms with Crippen molar-refractivity contribution in [2.75, 3.05) is 12.4 Å². The van der Waals surface area contributed by atoms with Gasteiger partial charge in [0.15, 0.2) is 9.84 Å². The highest BCUT2D eigenvalue weighted by molar-refractivity contribution is 7.91. The molecule has 0 bridgehead atoms. The average molecular weight is 357 g/mol. The number of hydrogen-bond donors (Lipinski definition) is 0. The lowest BCUT2D eigenvalue weighted by Gasteiger charge is -2.24. The Morgan fingerprint density at radius 3 is 2.52 bits per heavy atom. The molecule has 0 amide bonds. The summed E-state index contributed by atoms with van der Waals surface area (Å²) in [5.41, 5.74) is 0. The second kappa shape index (κ2) is 7.97. The Balaban J connectivity index is 1.81. The SMILES string of the molecule is CC1CC=CCC1COC(=O)CCS(=O)(=O)c1ccc(Cl)cc1. The second-order valence-corrected chi connectivity index (χ2v) is 8.43. The molecule has 2 atom stereocenters. The minimum absolute atomic E-state index is 0.137. The summed E-state index contributed by atoms with van der Waals surface area (Å²) >= 11 is 5.74. The van der Waals surface area contributed by atoms with Crippen LogP contribution in [0.15, 0.2) is 41.3 Å². The van der Waals surface area contributed by atoms with Crippen molar-refractivity contribution in [2.24, 2.45) is 11.8 Å². The molecule has 0 spiro atoms. The molecule has 0 radical (unpaired) electrons. The summed E-state index contributed by atoms with van der Waals surface area (Å²) in [6.45, 7) is 2.48. The topological polar surface area (TPSA) is 60.4 Å². The van der Waals surface area contributed by atoms with Gasteiger partial charge in [0.05, 0.1) is 23.7 Å². The normalized spacial score (nSPS) is 21.1. The molecule has 0 N–H and O–H groups in total. The van der Waals surface area contributed by atoms with Crippen LogP contribution in [0.2, 0.25) is 5.02 Å². The van der Waals surface area contributed by atoms with E-state index in [9.17, 15) is 13.2 Å². The lowest BCUT2D eigenvalue weighted by molar-refractivity contribution is -0.145. The van der Waals surface area contributed by atoms with Crippen LogP contribution in [-0.2, 0) is 19.4 Å². The predicted molar refractivity (Wildman–Crippen MR) is 90.1 cm³/mol. The lowest BCUT2D eigenvalue weighted by Crippen LogP contribution is -2.22. The molecule has 1 aliphatic carbocycles. The fourth-order valence-corrected chi connectivity index (χ4v) is 3.84. The van der Waals surface area contributed by atoms with Crippen molar-refractivity contribution in [3.05, 3.63) is 41.4 Å². The van der Waals surface area contributed by atoms with Gasteiger partial charge in [-0.05, 0) is 48.9 Å². The molecule has 0 heterocycles. The van der Waals surface area contributed by atoms with Gasteiger partial charge in [-0.15, -0.1) is 0 Å². The largest absolute Gasteiger partial charge is 0.465 e. The zero-order valence-electron chi connectivity index (χ0n) is 13.1. The molecule has 23 heavy (non-hydrogen) atoms. The Kier molecular flexibility index (Phi) is 6.25. The van der Waals surface area contributed by atoms with E-state index in [1.807, 2.05) is 0 Å². The quantitative estimate of drug-likeness (QED) is 0.576. The molecule has 126 valence electrons. The Bertz CT molecular complexity index is 664. The van der Waals surface area contributed by atoms with Gasteiger partial charge in [0.1, 0.15) is 0 Å². The van der Waals surface area contributed by atoms with Crippen LogP contribution in [0.4, 0.5) is 0 Å². The van der Waals surface area contributed by atoms with Crippen LogP contribution in [0, 0.1) is 11.8 Å². The summed E-state index contributed by atoms with van der Waals surface area (Å²) in [4.78, 5) is 12.0. The molecule has 1 aromatic rings. The first-order chi connectivity index (χ1) is 10.9. The number of ether oxygens (including phenoxy) is 1. The smallest absolute Gasteiger partial charge is 0.306 e. The Morgan fingerprint density at radius 1 is 1.22 bits per heavy atom. The molecule has 0 saturated heterocycles. The second-order valence-electron chi connectivity index (χ2n) is 5.89. The van der Waals surface area contributed by atoms with E-state index < -0.39 is 15.8 Å². The van der Waals surface area contributed by atoms with E-state index in [4.69, 9.17) is 16.3 Å². The number of sulfone groups is 1. The molecule has 0 fully saturated rings. The third-order valence-corrected chi connectivity index (χ3v) is 6.11. The van der Waals surface area contributed by atoms with Gasteiger partial charge < -0.3 is 4.74 Å². The third kappa shape index (κ3) is 5.36. The van der Waals surface area contributed by atoms with E-state index in [0.29, 0.717) is 23.5 Å². The van der Waals surface area contributed by atoms with Crippen molar-refractivity contribution in [1.29, 1.82) is 0 Å². The number of allylic oxidation sites excluding steroid dienone is 2. The monoisotopic (exact) mass is 356 g/mol. The van der Waals surface area contributed by atoms with Crippen molar-refractivity contribution in [3.8, 4) is 0 Å². The van der Waals surface area contributed by atoms with Gasteiger partial charge in [-0.25, -0.2) is 8.42 Å². The van der Waals surface area contributed by atoms with Crippen molar-refractivity contribution >= 4 is 27.4 Å². The summed E-state index contributed by atoms with van der Waals surface area (Å²) in [7, 11) is -3.50. The van der Waals surface area contributed by atoms with E-state index >= 15 is 0 Å².